The molecule has 1 aromatic rings. The third-order valence-corrected chi connectivity index (χ3v) is 3.53. The summed E-state index contributed by atoms with van der Waals surface area (Å²) in [6.07, 6.45) is 0.786. The molecular formula is C14H18BrNO4. The first-order valence-corrected chi connectivity index (χ1v) is 7.01. The number of hydrogen-bond acceptors (Lipinski definition) is 3. The van der Waals surface area contributed by atoms with Gasteiger partial charge < -0.3 is 15.2 Å². The van der Waals surface area contributed by atoms with Crippen LogP contribution in [0.5, 0.6) is 5.75 Å². The predicted molar refractivity (Wildman–Crippen MR) is 79.1 cm³/mol. The van der Waals surface area contributed by atoms with Gasteiger partial charge >= 0.3 is 5.97 Å². The van der Waals surface area contributed by atoms with Gasteiger partial charge in [-0.05, 0) is 48.3 Å². The molecule has 1 rings (SSSR count). The predicted octanol–water partition coefficient (Wildman–Crippen LogP) is 2.83. The number of hydrogen-bond donors (Lipinski definition) is 2. The molecule has 2 N–H and O–H groups in total. The van der Waals surface area contributed by atoms with Gasteiger partial charge in [0.05, 0.1) is 4.47 Å². The normalized spacial score (nSPS) is 11.0. The van der Waals surface area contributed by atoms with Crippen LogP contribution >= 0.6 is 15.9 Å². The second-order valence-electron chi connectivity index (χ2n) is 5.00. The highest BCUT2D eigenvalue weighted by Crippen LogP contribution is 2.29. The first-order chi connectivity index (χ1) is 9.26. The molecule has 6 heteroatoms. The first-order valence-electron chi connectivity index (χ1n) is 6.22. The van der Waals surface area contributed by atoms with Crippen molar-refractivity contribution < 1.29 is 19.4 Å². The highest BCUT2D eigenvalue weighted by Gasteiger charge is 2.20. The third-order valence-electron chi connectivity index (χ3n) is 2.91. The van der Waals surface area contributed by atoms with Gasteiger partial charge in [-0.2, -0.15) is 0 Å². The average Bonchev–Trinajstić information content (AvgIpc) is 2.36. The van der Waals surface area contributed by atoms with Crippen LogP contribution in [0.2, 0.25) is 0 Å². The van der Waals surface area contributed by atoms with E-state index >= 15 is 0 Å². The second-order valence-corrected chi connectivity index (χ2v) is 5.85. The Bertz CT molecular complexity index is 514. The Labute approximate surface area is 126 Å². The summed E-state index contributed by atoms with van der Waals surface area (Å²) < 4.78 is 5.84. The zero-order valence-electron chi connectivity index (χ0n) is 11.7. The van der Waals surface area contributed by atoms with Crippen LogP contribution in [-0.2, 0) is 4.79 Å². The van der Waals surface area contributed by atoms with Crippen LogP contribution in [-0.4, -0.2) is 29.1 Å². The summed E-state index contributed by atoms with van der Waals surface area (Å²) >= 11 is 3.22. The van der Waals surface area contributed by atoms with Crippen molar-refractivity contribution in [1.82, 2.24) is 5.32 Å². The molecule has 0 aliphatic carbocycles. The lowest BCUT2D eigenvalue weighted by Crippen LogP contribution is -2.45. The number of carbonyl (C=O) groups excluding carboxylic acids is 1. The number of halogens is 1. The molecule has 0 aromatic heterocycles. The third kappa shape index (κ3) is 4.52. The Kier molecular flexibility index (Phi) is 5.56. The summed E-state index contributed by atoms with van der Waals surface area (Å²) in [4.78, 5) is 22.9. The average molecular weight is 344 g/mol. The fourth-order valence-corrected chi connectivity index (χ4v) is 1.94. The Morgan fingerprint density at radius 2 is 2.05 bits per heavy atom. The maximum Gasteiger partial charge on any atom is 0.339 e. The standard InChI is InChI=1S/C14H18BrNO4/c1-4-14(2,3)16-11(17)8-20-12-9(13(18)19)6-5-7-10(12)15/h5-7H,4,8H2,1-3H3,(H,16,17)(H,18,19). The number of carboxylic acids is 1. The molecule has 0 aliphatic heterocycles. The van der Waals surface area contributed by atoms with Crippen molar-refractivity contribution in [2.45, 2.75) is 32.7 Å². The number of amides is 1. The second kappa shape index (κ2) is 6.74. The maximum atomic E-state index is 11.8. The van der Waals surface area contributed by atoms with E-state index in [1.807, 2.05) is 20.8 Å². The van der Waals surface area contributed by atoms with E-state index in [0.717, 1.165) is 6.42 Å². The fraction of sp³-hybridized carbons (Fsp3) is 0.429. The number of aromatic carboxylic acids is 1. The molecule has 0 fully saturated rings. The van der Waals surface area contributed by atoms with Gasteiger partial charge in [0.2, 0.25) is 0 Å². The Balaban J connectivity index is 2.76. The topological polar surface area (TPSA) is 75.6 Å². The molecule has 0 spiro atoms. The number of benzene rings is 1. The SMILES string of the molecule is CCC(C)(C)NC(=O)COc1c(Br)cccc1C(=O)O. The number of carboxylic acid groups (broad SMARTS) is 1. The molecular weight excluding hydrogens is 326 g/mol. The molecule has 0 atom stereocenters. The lowest BCUT2D eigenvalue weighted by molar-refractivity contribution is -0.124. The molecule has 1 aromatic carbocycles. The quantitative estimate of drug-likeness (QED) is 0.832. The number of ether oxygens (including phenoxy) is 1. The molecule has 110 valence electrons. The minimum atomic E-state index is -1.10. The summed E-state index contributed by atoms with van der Waals surface area (Å²) in [6.45, 7) is 5.56. The molecule has 0 bridgehead atoms. The lowest BCUT2D eigenvalue weighted by Gasteiger charge is -2.24. The van der Waals surface area contributed by atoms with Crippen LogP contribution in [0.15, 0.2) is 22.7 Å². The number of para-hydroxylation sites is 1. The molecule has 0 saturated carbocycles. The van der Waals surface area contributed by atoms with E-state index in [4.69, 9.17) is 9.84 Å². The van der Waals surface area contributed by atoms with Gasteiger partial charge in [0.25, 0.3) is 5.91 Å². The number of carbonyl (C=O) groups is 2. The summed E-state index contributed by atoms with van der Waals surface area (Å²) in [5.74, 6) is -1.23. The smallest absolute Gasteiger partial charge is 0.339 e. The van der Waals surface area contributed by atoms with Crippen LogP contribution in [0, 0.1) is 0 Å². The van der Waals surface area contributed by atoms with Crippen LogP contribution in [0.25, 0.3) is 0 Å². The Morgan fingerprint density at radius 3 is 2.60 bits per heavy atom. The zero-order chi connectivity index (χ0) is 15.3. The monoisotopic (exact) mass is 343 g/mol. The molecule has 5 nitrogen and oxygen atoms in total. The number of rotatable bonds is 6. The van der Waals surface area contributed by atoms with Gasteiger partial charge in [-0.3, -0.25) is 4.79 Å². The van der Waals surface area contributed by atoms with E-state index in [0.29, 0.717) is 4.47 Å². The van der Waals surface area contributed by atoms with Gasteiger partial charge in [0.1, 0.15) is 11.3 Å². The van der Waals surface area contributed by atoms with E-state index in [2.05, 4.69) is 21.2 Å². The van der Waals surface area contributed by atoms with Gasteiger partial charge in [-0.25, -0.2) is 4.79 Å². The van der Waals surface area contributed by atoms with E-state index in [-0.39, 0.29) is 29.4 Å². The molecule has 0 unspecified atom stereocenters. The van der Waals surface area contributed by atoms with E-state index in [1.165, 1.54) is 6.07 Å². The minimum absolute atomic E-state index is 0.0157. The van der Waals surface area contributed by atoms with Crippen molar-refractivity contribution in [1.29, 1.82) is 0 Å². The molecule has 0 saturated heterocycles. The van der Waals surface area contributed by atoms with Crippen molar-refractivity contribution >= 4 is 27.8 Å². The van der Waals surface area contributed by atoms with Crippen molar-refractivity contribution in [2.24, 2.45) is 0 Å². The van der Waals surface area contributed by atoms with Crippen molar-refractivity contribution in [3.63, 3.8) is 0 Å². The summed E-state index contributed by atoms with van der Waals surface area (Å²) in [5.41, 5.74) is -0.300. The Hall–Kier alpha value is -1.56. The molecule has 0 radical (unpaired) electrons. The fourth-order valence-electron chi connectivity index (χ4n) is 1.46. The molecule has 1 amide bonds. The van der Waals surface area contributed by atoms with Gasteiger partial charge in [0, 0.05) is 5.54 Å². The summed E-state index contributed by atoms with van der Waals surface area (Å²) in [5, 5.41) is 11.9. The molecule has 20 heavy (non-hydrogen) atoms. The highest BCUT2D eigenvalue weighted by molar-refractivity contribution is 9.10. The molecule has 0 heterocycles. The van der Waals surface area contributed by atoms with Gasteiger partial charge in [-0.15, -0.1) is 0 Å². The summed E-state index contributed by atoms with van der Waals surface area (Å²) in [6, 6.07) is 4.69. The van der Waals surface area contributed by atoms with Crippen LogP contribution in [0.3, 0.4) is 0 Å². The maximum absolute atomic E-state index is 11.8. The minimum Gasteiger partial charge on any atom is -0.482 e. The lowest BCUT2D eigenvalue weighted by atomic mass is 10.0. The van der Waals surface area contributed by atoms with Crippen LogP contribution < -0.4 is 10.1 Å². The number of nitrogens with one attached hydrogen (secondary N) is 1. The van der Waals surface area contributed by atoms with E-state index in [1.54, 1.807) is 12.1 Å². The van der Waals surface area contributed by atoms with Gasteiger partial charge in [0.15, 0.2) is 6.61 Å². The van der Waals surface area contributed by atoms with Crippen LogP contribution in [0.4, 0.5) is 0 Å². The highest BCUT2D eigenvalue weighted by atomic mass is 79.9. The van der Waals surface area contributed by atoms with E-state index < -0.39 is 5.97 Å². The first kappa shape index (κ1) is 16.5. The largest absolute Gasteiger partial charge is 0.482 e. The van der Waals surface area contributed by atoms with Crippen molar-refractivity contribution in [3.05, 3.63) is 28.2 Å². The van der Waals surface area contributed by atoms with Crippen LogP contribution in [0.1, 0.15) is 37.6 Å². The van der Waals surface area contributed by atoms with E-state index in [9.17, 15) is 9.59 Å². The van der Waals surface area contributed by atoms with Crippen molar-refractivity contribution in [2.75, 3.05) is 6.61 Å². The van der Waals surface area contributed by atoms with Crippen molar-refractivity contribution in [3.8, 4) is 5.75 Å². The zero-order valence-corrected chi connectivity index (χ0v) is 13.3. The van der Waals surface area contributed by atoms with Gasteiger partial charge in [-0.1, -0.05) is 13.0 Å². The summed E-state index contributed by atoms with van der Waals surface area (Å²) in [7, 11) is 0. The Morgan fingerprint density at radius 1 is 1.40 bits per heavy atom. The molecule has 0 aliphatic rings.